The van der Waals surface area contributed by atoms with Crippen molar-refractivity contribution in [1.29, 1.82) is 5.41 Å². The van der Waals surface area contributed by atoms with Crippen molar-refractivity contribution in [3.63, 3.8) is 0 Å². The predicted molar refractivity (Wildman–Crippen MR) is 115 cm³/mol. The van der Waals surface area contributed by atoms with Gasteiger partial charge in [-0.3, -0.25) is 10.4 Å². The molecule has 0 amide bonds. The third kappa shape index (κ3) is 4.71. The van der Waals surface area contributed by atoms with Crippen LogP contribution in [0.1, 0.15) is 25.8 Å². The highest BCUT2D eigenvalue weighted by Gasteiger charge is 2.39. The molecular formula is C21H31N5O3. The Balaban J connectivity index is 1.79. The van der Waals surface area contributed by atoms with E-state index in [9.17, 15) is 0 Å². The van der Waals surface area contributed by atoms with E-state index in [4.69, 9.17) is 31.1 Å². The van der Waals surface area contributed by atoms with Gasteiger partial charge in [0.15, 0.2) is 5.60 Å². The van der Waals surface area contributed by atoms with E-state index in [0.717, 1.165) is 25.3 Å². The highest BCUT2D eigenvalue weighted by Crippen LogP contribution is 2.30. The lowest BCUT2D eigenvalue weighted by Crippen LogP contribution is -2.53. The molecule has 2 aliphatic heterocycles. The molecule has 0 aromatic heterocycles. The van der Waals surface area contributed by atoms with Crippen LogP contribution in [0.3, 0.4) is 0 Å². The highest BCUT2D eigenvalue weighted by molar-refractivity contribution is 6.15. The van der Waals surface area contributed by atoms with E-state index in [-0.39, 0.29) is 17.4 Å². The van der Waals surface area contributed by atoms with Gasteiger partial charge in [-0.05, 0) is 31.5 Å². The number of nitrogens with one attached hydrogen (secondary N) is 1. The Labute approximate surface area is 172 Å². The Morgan fingerprint density at radius 3 is 2.79 bits per heavy atom. The van der Waals surface area contributed by atoms with Crippen LogP contribution in [-0.2, 0) is 9.47 Å². The number of aliphatic imine (C=N–C) groups is 1. The Bertz CT molecular complexity index is 811. The third-order valence-electron chi connectivity index (χ3n) is 5.37. The van der Waals surface area contributed by atoms with Crippen molar-refractivity contribution in [2.24, 2.45) is 10.7 Å². The molecule has 0 unspecified atom stereocenters. The summed E-state index contributed by atoms with van der Waals surface area (Å²) in [5.74, 6) is 1.38. The first kappa shape index (κ1) is 21.1. The number of morpholine rings is 1. The monoisotopic (exact) mass is 401 g/mol. The van der Waals surface area contributed by atoms with Crippen LogP contribution in [0, 0.1) is 5.41 Å². The fourth-order valence-corrected chi connectivity index (χ4v) is 3.42. The van der Waals surface area contributed by atoms with Crippen LogP contribution in [0.2, 0.25) is 0 Å². The molecule has 0 radical (unpaired) electrons. The molecule has 0 aliphatic carbocycles. The van der Waals surface area contributed by atoms with Crippen LogP contribution in [0.25, 0.3) is 0 Å². The molecule has 158 valence electrons. The van der Waals surface area contributed by atoms with E-state index in [1.54, 1.807) is 25.3 Å². The second-order valence-electron chi connectivity index (χ2n) is 7.56. The maximum absolute atomic E-state index is 8.58. The van der Waals surface area contributed by atoms with Crippen LogP contribution >= 0.6 is 0 Å². The first-order valence-corrected chi connectivity index (χ1v) is 9.93. The van der Waals surface area contributed by atoms with Crippen molar-refractivity contribution >= 4 is 17.2 Å². The zero-order chi connectivity index (χ0) is 21.0. The Morgan fingerprint density at radius 1 is 1.45 bits per heavy atom. The average Bonchev–Trinajstić information content (AvgIpc) is 2.69. The van der Waals surface area contributed by atoms with Crippen molar-refractivity contribution in [2.75, 3.05) is 45.7 Å². The number of nitrogens with zero attached hydrogens (tertiary/aromatic N) is 2. The van der Waals surface area contributed by atoms with Gasteiger partial charge in [-0.2, -0.15) is 0 Å². The summed E-state index contributed by atoms with van der Waals surface area (Å²) < 4.78 is 17.0. The number of amidine groups is 1. The minimum absolute atomic E-state index is 0.125. The van der Waals surface area contributed by atoms with Gasteiger partial charge in [0.05, 0.1) is 37.3 Å². The second kappa shape index (κ2) is 8.84. The fourth-order valence-electron chi connectivity index (χ4n) is 3.42. The number of nitrogen functional groups attached to an aromatic ring is 1. The lowest BCUT2D eigenvalue weighted by atomic mass is 9.98. The maximum atomic E-state index is 8.58. The van der Waals surface area contributed by atoms with Gasteiger partial charge in [-0.15, -0.1) is 0 Å². The number of rotatable bonds is 6. The number of allylic oxidation sites excluding steroid dienone is 1. The quantitative estimate of drug-likeness (QED) is 0.380. The zero-order valence-corrected chi connectivity index (χ0v) is 17.4. The molecule has 29 heavy (non-hydrogen) atoms. The summed E-state index contributed by atoms with van der Waals surface area (Å²) in [6.07, 6.45) is 2.70. The molecular weight excluding hydrogens is 370 g/mol. The van der Waals surface area contributed by atoms with Gasteiger partial charge >= 0.3 is 0 Å². The molecule has 3 rings (SSSR count). The van der Waals surface area contributed by atoms with Crippen molar-refractivity contribution in [3.8, 4) is 5.75 Å². The van der Waals surface area contributed by atoms with Crippen molar-refractivity contribution in [3.05, 3.63) is 35.5 Å². The standard InChI is InChI=1S/C21H31N5O3/c1-4-21(12-27-13-21)29-15-5-6-17(22)16(9-15)20(24)18(23)10-19(25-3)26-7-8-28-14(2)11-26/h5-6,9-10,14,24H,4,7-8,11-13,22-23H2,1-3H3/t14-/m1/s1. The summed E-state index contributed by atoms with van der Waals surface area (Å²) in [6.45, 7) is 7.34. The minimum Gasteiger partial charge on any atom is -0.482 e. The number of hydrogen-bond acceptors (Lipinski definition) is 7. The van der Waals surface area contributed by atoms with Crippen molar-refractivity contribution < 1.29 is 14.2 Å². The molecule has 0 spiro atoms. The molecule has 8 nitrogen and oxygen atoms in total. The van der Waals surface area contributed by atoms with Crippen LogP contribution < -0.4 is 16.2 Å². The first-order chi connectivity index (χ1) is 13.9. The van der Waals surface area contributed by atoms with E-state index in [0.29, 0.717) is 42.5 Å². The number of nitrogens with two attached hydrogens (primary N) is 2. The molecule has 2 aliphatic rings. The van der Waals surface area contributed by atoms with E-state index >= 15 is 0 Å². The molecule has 8 heteroatoms. The Hall–Kier alpha value is -2.58. The van der Waals surface area contributed by atoms with E-state index in [2.05, 4.69) is 16.8 Å². The molecule has 0 saturated carbocycles. The fraction of sp³-hybridized carbons (Fsp3) is 0.524. The summed E-state index contributed by atoms with van der Waals surface area (Å²) in [6, 6.07) is 5.33. The van der Waals surface area contributed by atoms with Crippen LogP contribution in [0.4, 0.5) is 5.69 Å². The molecule has 2 saturated heterocycles. The van der Waals surface area contributed by atoms with Crippen molar-refractivity contribution in [2.45, 2.75) is 32.0 Å². The maximum Gasteiger partial charge on any atom is 0.155 e. The molecule has 1 aromatic carbocycles. The normalized spacial score (nSPS) is 22.2. The lowest BCUT2D eigenvalue weighted by Gasteiger charge is -2.40. The first-order valence-electron chi connectivity index (χ1n) is 9.93. The number of benzene rings is 1. The summed E-state index contributed by atoms with van der Waals surface area (Å²) >= 11 is 0. The van der Waals surface area contributed by atoms with E-state index in [1.165, 1.54) is 0 Å². The van der Waals surface area contributed by atoms with Crippen LogP contribution in [-0.4, -0.2) is 68.1 Å². The number of hydrogen-bond donors (Lipinski definition) is 3. The number of ether oxygens (including phenoxy) is 3. The van der Waals surface area contributed by atoms with Gasteiger partial charge in [0.25, 0.3) is 0 Å². The molecule has 1 aromatic rings. The van der Waals surface area contributed by atoms with Gasteiger partial charge < -0.3 is 30.6 Å². The van der Waals surface area contributed by atoms with E-state index in [1.807, 2.05) is 13.0 Å². The Kier molecular flexibility index (Phi) is 6.44. The second-order valence-corrected chi connectivity index (χ2v) is 7.56. The molecule has 5 N–H and O–H groups in total. The predicted octanol–water partition coefficient (Wildman–Crippen LogP) is 1.79. The largest absolute Gasteiger partial charge is 0.482 e. The Morgan fingerprint density at radius 2 is 2.21 bits per heavy atom. The van der Waals surface area contributed by atoms with Gasteiger partial charge in [0.2, 0.25) is 0 Å². The van der Waals surface area contributed by atoms with Crippen LogP contribution in [0.5, 0.6) is 5.75 Å². The molecule has 1 atom stereocenters. The summed E-state index contributed by atoms with van der Waals surface area (Å²) in [5.41, 5.74) is 13.5. The third-order valence-corrected chi connectivity index (χ3v) is 5.37. The van der Waals surface area contributed by atoms with Gasteiger partial charge in [0.1, 0.15) is 11.6 Å². The lowest BCUT2D eigenvalue weighted by molar-refractivity contribution is -0.162. The molecule has 2 heterocycles. The van der Waals surface area contributed by atoms with E-state index < -0.39 is 0 Å². The van der Waals surface area contributed by atoms with Gasteiger partial charge in [-0.25, -0.2) is 0 Å². The highest BCUT2D eigenvalue weighted by atomic mass is 16.6. The number of anilines is 1. The summed E-state index contributed by atoms with van der Waals surface area (Å²) in [7, 11) is 1.72. The topological polar surface area (TPSA) is 119 Å². The summed E-state index contributed by atoms with van der Waals surface area (Å²) in [4.78, 5) is 6.45. The van der Waals surface area contributed by atoms with Crippen molar-refractivity contribution in [1.82, 2.24) is 4.90 Å². The summed E-state index contributed by atoms with van der Waals surface area (Å²) in [5, 5.41) is 8.58. The average molecular weight is 402 g/mol. The molecule has 0 bridgehead atoms. The van der Waals surface area contributed by atoms with Crippen LogP contribution in [0.15, 0.2) is 35.0 Å². The van der Waals surface area contributed by atoms with Gasteiger partial charge in [-0.1, -0.05) is 6.92 Å². The SMILES string of the molecule is CCC1(Oc2ccc(N)c(C(=N)C(N)=CC(=NC)N3CCO[C@H](C)C3)c2)COC1. The zero-order valence-electron chi connectivity index (χ0n) is 17.4. The van der Waals surface area contributed by atoms with Gasteiger partial charge in [0, 0.05) is 37.5 Å². The minimum atomic E-state index is -0.300. The smallest absolute Gasteiger partial charge is 0.155 e. The molecule has 2 fully saturated rings.